The predicted molar refractivity (Wildman–Crippen MR) is 32.2 cm³/mol. The monoisotopic (exact) mass is 109 g/mol. The number of hydrogen-bond donors (Lipinski definition) is 0. The molecule has 1 rings (SSSR count). The van der Waals surface area contributed by atoms with Crippen LogP contribution < -0.4 is 5.46 Å². The molecule has 34 valence electrons. The van der Waals surface area contributed by atoms with Gasteiger partial charge in [-0.25, -0.2) is 4.37 Å². The van der Waals surface area contributed by atoms with Crippen molar-refractivity contribution < 1.29 is 0 Å². The fraction of sp³-hybridized carbons (Fsp3) is 0.250. The lowest BCUT2D eigenvalue weighted by molar-refractivity contribution is 1.60. The molecular formula is C4H4BNS. The van der Waals surface area contributed by atoms with Crippen molar-refractivity contribution in [2.24, 2.45) is 0 Å². The molecule has 0 aliphatic rings. The van der Waals surface area contributed by atoms with Crippen molar-refractivity contribution in [3.63, 3.8) is 0 Å². The van der Waals surface area contributed by atoms with E-state index < -0.39 is 0 Å². The molecule has 0 saturated carbocycles. The second kappa shape index (κ2) is 1.66. The Morgan fingerprint density at radius 1 is 1.86 bits per heavy atom. The fourth-order valence-corrected chi connectivity index (χ4v) is 0.788. The van der Waals surface area contributed by atoms with Gasteiger partial charge in [0.05, 0.1) is 0 Å². The van der Waals surface area contributed by atoms with Crippen LogP contribution in [-0.2, 0) is 0 Å². The van der Waals surface area contributed by atoms with Gasteiger partial charge < -0.3 is 0 Å². The van der Waals surface area contributed by atoms with Crippen molar-refractivity contribution in [3.05, 3.63) is 11.1 Å². The van der Waals surface area contributed by atoms with Gasteiger partial charge in [0, 0.05) is 11.1 Å². The van der Waals surface area contributed by atoms with Gasteiger partial charge in [0.1, 0.15) is 7.85 Å². The van der Waals surface area contributed by atoms with Crippen molar-refractivity contribution in [2.75, 3.05) is 0 Å². The van der Waals surface area contributed by atoms with Gasteiger partial charge in [0.15, 0.2) is 0 Å². The summed E-state index contributed by atoms with van der Waals surface area (Å²) in [6, 6.07) is 0. The zero-order valence-electron chi connectivity index (χ0n) is 4.01. The molecule has 1 nitrogen and oxygen atoms in total. The average molecular weight is 109 g/mol. The summed E-state index contributed by atoms with van der Waals surface area (Å²) in [6.07, 6.45) is 1.67. The maximum absolute atomic E-state index is 5.39. The Bertz CT molecular complexity index is 144. The highest BCUT2D eigenvalue weighted by Crippen LogP contribution is 1.94. The molecule has 7 heavy (non-hydrogen) atoms. The lowest BCUT2D eigenvalue weighted by Gasteiger charge is -1.77. The van der Waals surface area contributed by atoms with E-state index >= 15 is 0 Å². The molecule has 0 N–H and O–H groups in total. The van der Waals surface area contributed by atoms with E-state index in [2.05, 4.69) is 4.37 Å². The van der Waals surface area contributed by atoms with Crippen LogP contribution in [0.2, 0.25) is 0 Å². The summed E-state index contributed by atoms with van der Waals surface area (Å²) < 4.78 is 3.84. The van der Waals surface area contributed by atoms with Crippen LogP contribution >= 0.6 is 11.5 Å². The Kier molecular flexibility index (Phi) is 1.15. The molecule has 0 fully saturated rings. The summed E-state index contributed by atoms with van der Waals surface area (Å²) >= 11 is 1.43. The van der Waals surface area contributed by atoms with E-state index in [9.17, 15) is 0 Å². The second-order valence-corrected chi connectivity index (χ2v) is 2.34. The van der Waals surface area contributed by atoms with Crippen molar-refractivity contribution in [1.29, 1.82) is 0 Å². The Hall–Kier alpha value is -0.305. The van der Waals surface area contributed by atoms with E-state index in [1.807, 2.05) is 6.92 Å². The highest BCUT2D eigenvalue weighted by Gasteiger charge is 1.88. The third-order valence-corrected chi connectivity index (χ3v) is 1.51. The molecule has 3 heteroatoms. The minimum absolute atomic E-state index is 0.796. The highest BCUT2D eigenvalue weighted by atomic mass is 32.1. The first-order chi connectivity index (χ1) is 3.30. The maximum Gasteiger partial charge on any atom is 0.117 e. The highest BCUT2D eigenvalue weighted by molar-refractivity contribution is 7.06. The Labute approximate surface area is 47.9 Å². The zero-order valence-corrected chi connectivity index (χ0v) is 4.83. The number of aromatic nitrogens is 1. The van der Waals surface area contributed by atoms with E-state index in [1.165, 1.54) is 11.5 Å². The van der Waals surface area contributed by atoms with Crippen LogP contribution in [0.3, 0.4) is 0 Å². The van der Waals surface area contributed by atoms with Crippen molar-refractivity contribution in [1.82, 2.24) is 4.37 Å². The molecule has 0 amide bonds. The zero-order chi connectivity index (χ0) is 5.28. The van der Waals surface area contributed by atoms with Crippen LogP contribution in [0, 0.1) is 6.92 Å². The van der Waals surface area contributed by atoms with Gasteiger partial charge >= 0.3 is 0 Å². The lowest BCUT2D eigenvalue weighted by Crippen LogP contribution is -1.98. The number of nitrogens with zero attached hydrogens (tertiary/aromatic N) is 1. The molecule has 1 aromatic heterocycles. The minimum atomic E-state index is 0.796. The summed E-state index contributed by atoms with van der Waals surface area (Å²) in [4.78, 5) is 1.10. The van der Waals surface area contributed by atoms with Crippen molar-refractivity contribution >= 4 is 24.8 Å². The molecule has 1 heterocycles. The molecule has 0 spiro atoms. The molecule has 0 saturated heterocycles. The largest absolute Gasteiger partial charge is 0.202 e. The standard InChI is InChI=1S/C4H4BNS/c1-3-4(5)2-6-7-3/h2H,1H3. The van der Waals surface area contributed by atoms with E-state index in [4.69, 9.17) is 7.85 Å². The first kappa shape index (κ1) is 4.84. The van der Waals surface area contributed by atoms with E-state index in [-0.39, 0.29) is 0 Å². The number of hydrogen-bond acceptors (Lipinski definition) is 2. The van der Waals surface area contributed by atoms with Gasteiger partial charge in [0.25, 0.3) is 0 Å². The van der Waals surface area contributed by atoms with Crippen LogP contribution in [0.5, 0.6) is 0 Å². The number of rotatable bonds is 0. The molecule has 0 aliphatic heterocycles. The molecule has 0 unspecified atom stereocenters. The summed E-state index contributed by atoms with van der Waals surface area (Å²) in [7, 11) is 5.39. The Morgan fingerprint density at radius 2 is 2.57 bits per heavy atom. The Balaban J connectivity index is 3.12. The molecular weight excluding hydrogens is 105 g/mol. The van der Waals surface area contributed by atoms with Gasteiger partial charge in [-0.2, -0.15) is 0 Å². The van der Waals surface area contributed by atoms with Gasteiger partial charge in [-0.3, -0.25) is 0 Å². The molecule has 1 aromatic rings. The number of aryl methyl sites for hydroxylation is 1. The maximum atomic E-state index is 5.39. The summed E-state index contributed by atoms with van der Waals surface area (Å²) in [6.45, 7) is 1.95. The Morgan fingerprint density at radius 3 is 2.71 bits per heavy atom. The van der Waals surface area contributed by atoms with Gasteiger partial charge in [-0.1, -0.05) is 5.46 Å². The third-order valence-electron chi connectivity index (χ3n) is 0.788. The van der Waals surface area contributed by atoms with Crippen LogP contribution in [0.25, 0.3) is 0 Å². The smallest absolute Gasteiger partial charge is 0.117 e. The first-order valence-corrected chi connectivity index (χ1v) is 2.75. The second-order valence-electron chi connectivity index (χ2n) is 1.34. The van der Waals surface area contributed by atoms with Gasteiger partial charge in [-0.15, -0.1) is 0 Å². The topological polar surface area (TPSA) is 12.9 Å². The molecule has 0 bridgehead atoms. The normalized spacial score (nSPS) is 9.29. The first-order valence-electron chi connectivity index (χ1n) is 1.97. The molecule has 0 aromatic carbocycles. The van der Waals surface area contributed by atoms with Crippen LogP contribution in [0.15, 0.2) is 6.20 Å². The lowest BCUT2D eigenvalue weighted by atomic mass is 9.99. The van der Waals surface area contributed by atoms with Crippen LogP contribution in [0.1, 0.15) is 4.88 Å². The van der Waals surface area contributed by atoms with E-state index in [1.54, 1.807) is 6.20 Å². The third kappa shape index (κ3) is 0.827. The summed E-state index contributed by atoms with van der Waals surface area (Å²) in [5.74, 6) is 0. The van der Waals surface area contributed by atoms with Gasteiger partial charge in [0.2, 0.25) is 0 Å². The van der Waals surface area contributed by atoms with Crippen LogP contribution in [-0.4, -0.2) is 12.2 Å². The average Bonchev–Trinajstić information content (AvgIpc) is 1.91. The minimum Gasteiger partial charge on any atom is -0.202 e. The summed E-state index contributed by atoms with van der Waals surface area (Å²) in [5.41, 5.74) is 0.796. The summed E-state index contributed by atoms with van der Waals surface area (Å²) in [5, 5.41) is 0. The fourth-order valence-electron chi connectivity index (χ4n) is 0.306. The predicted octanol–water partition coefficient (Wildman–Crippen LogP) is 0.245. The van der Waals surface area contributed by atoms with E-state index in [0.29, 0.717) is 0 Å². The molecule has 0 atom stereocenters. The quantitative estimate of drug-likeness (QED) is 0.435. The SMILES string of the molecule is [B]c1cnsc1C. The van der Waals surface area contributed by atoms with Crippen molar-refractivity contribution in [3.8, 4) is 0 Å². The van der Waals surface area contributed by atoms with Gasteiger partial charge in [-0.05, 0) is 18.5 Å². The van der Waals surface area contributed by atoms with Crippen molar-refractivity contribution in [2.45, 2.75) is 6.92 Å². The molecule has 2 radical (unpaired) electrons. The molecule has 0 aliphatic carbocycles. The van der Waals surface area contributed by atoms with E-state index in [0.717, 1.165) is 10.3 Å². The van der Waals surface area contributed by atoms with Crippen LogP contribution in [0.4, 0.5) is 0 Å².